The highest BCUT2D eigenvalue weighted by Crippen LogP contribution is 2.57. The molecule has 3 rings (SSSR count). The van der Waals surface area contributed by atoms with E-state index in [1.807, 2.05) is 19.2 Å². The summed E-state index contributed by atoms with van der Waals surface area (Å²) >= 11 is 0. The molecule has 2 saturated carbocycles. The van der Waals surface area contributed by atoms with Gasteiger partial charge in [0, 0.05) is 38.3 Å². The summed E-state index contributed by atoms with van der Waals surface area (Å²) in [7, 11) is 1.83. The Labute approximate surface area is 173 Å². The van der Waals surface area contributed by atoms with Gasteiger partial charge in [0.2, 0.25) is 0 Å². The molecule has 1 aromatic heterocycles. The molecule has 26 heavy (non-hydrogen) atoms. The first kappa shape index (κ1) is 21.5. The summed E-state index contributed by atoms with van der Waals surface area (Å²) in [6, 6.07) is 4.29. The standard InChI is InChI=1S/C19H31N3O3.HI/c1-3-24-17-13-16(19(17)8-5-9-19)22-18(20-2)21-10-6-11-23-14-15-7-4-12-25-15;/h4,7,12,16-17H,3,5-6,8-11,13-14H2,1-2H3,(H2,20,21,22);1H. The van der Waals surface area contributed by atoms with Gasteiger partial charge in [0.25, 0.3) is 0 Å². The molecule has 0 aliphatic heterocycles. The molecule has 0 amide bonds. The van der Waals surface area contributed by atoms with Crippen molar-refractivity contribution in [2.75, 3.05) is 26.8 Å². The van der Waals surface area contributed by atoms with Gasteiger partial charge in [-0.25, -0.2) is 0 Å². The van der Waals surface area contributed by atoms with E-state index in [4.69, 9.17) is 13.9 Å². The average molecular weight is 477 g/mol. The van der Waals surface area contributed by atoms with Crippen molar-refractivity contribution in [3.63, 3.8) is 0 Å². The van der Waals surface area contributed by atoms with Crippen molar-refractivity contribution in [2.24, 2.45) is 10.4 Å². The van der Waals surface area contributed by atoms with Gasteiger partial charge >= 0.3 is 0 Å². The minimum Gasteiger partial charge on any atom is -0.467 e. The summed E-state index contributed by atoms with van der Waals surface area (Å²) in [5, 5.41) is 6.99. The lowest BCUT2D eigenvalue weighted by Crippen LogP contribution is -2.68. The third-order valence-electron chi connectivity index (χ3n) is 5.55. The fourth-order valence-electron chi connectivity index (χ4n) is 3.95. The van der Waals surface area contributed by atoms with Gasteiger partial charge in [-0.3, -0.25) is 4.99 Å². The lowest BCUT2D eigenvalue weighted by Gasteiger charge is -2.61. The number of rotatable bonds is 9. The monoisotopic (exact) mass is 477 g/mol. The van der Waals surface area contributed by atoms with E-state index < -0.39 is 0 Å². The van der Waals surface area contributed by atoms with Crippen molar-refractivity contribution in [1.82, 2.24) is 10.6 Å². The molecule has 2 unspecified atom stereocenters. The van der Waals surface area contributed by atoms with Gasteiger partial charge in [-0.15, -0.1) is 24.0 Å². The molecule has 6 nitrogen and oxygen atoms in total. The van der Waals surface area contributed by atoms with E-state index in [1.54, 1.807) is 6.26 Å². The molecule has 0 saturated heterocycles. The van der Waals surface area contributed by atoms with Crippen molar-refractivity contribution < 1.29 is 13.9 Å². The van der Waals surface area contributed by atoms with Crippen LogP contribution < -0.4 is 10.6 Å². The van der Waals surface area contributed by atoms with E-state index in [2.05, 4.69) is 22.5 Å². The molecule has 7 heteroatoms. The Morgan fingerprint density at radius 2 is 2.27 bits per heavy atom. The predicted molar refractivity (Wildman–Crippen MR) is 113 cm³/mol. The zero-order chi connectivity index (χ0) is 17.5. The Morgan fingerprint density at radius 1 is 1.42 bits per heavy atom. The van der Waals surface area contributed by atoms with Crippen molar-refractivity contribution in [3.8, 4) is 0 Å². The average Bonchev–Trinajstić information content (AvgIpc) is 3.07. The summed E-state index contributed by atoms with van der Waals surface area (Å²) in [5.41, 5.74) is 0.347. The van der Waals surface area contributed by atoms with Crippen LogP contribution in [-0.2, 0) is 16.1 Å². The number of hydrogen-bond acceptors (Lipinski definition) is 4. The topological polar surface area (TPSA) is 68.0 Å². The first-order valence-electron chi connectivity index (χ1n) is 9.47. The second kappa shape index (κ2) is 10.5. The number of nitrogens with one attached hydrogen (secondary N) is 2. The maximum atomic E-state index is 5.91. The van der Waals surface area contributed by atoms with E-state index in [0.29, 0.717) is 30.8 Å². The van der Waals surface area contributed by atoms with Gasteiger partial charge in [-0.05, 0) is 44.7 Å². The smallest absolute Gasteiger partial charge is 0.191 e. The van der Waals surface area contributed by atoms with Gasteiger partial charge in [-0.1, -0.05) is 6.42 Å². The SMILES string of the molecule is CCOC1CC(NC(=NC)NCCCOCc2ccco2)C12CCC2.I. The van der Waals surface area contributed by atoms with E-state index in [0.717, 1.165) is 37.7 Å². The van der Waals surface area contributed by atoms with E-state index >= 15 is 0 Å². The maximum Gasteiger partial charge on any atom is 0.191 e. The minimum absolute atomic E-state index is 0. The number of hydrogen-bond donors (Lipinski definition) is 2. The van der Waals surface area contributed by atoms with Crippen molar-refractivity contribution in [2.45, 2.75) is 57.8 Å². The Balaban J connectivity index is 0.00000243. The van der Waals surface area contributed by atoms with Crippen LogP contribution in [0.15, 0.2) is 27.8 Å². The Hall–Kier alpha value is -0.800. The van der Waals surface area contributed by atoms with Crippen LogP contribution in [0, 0.1) is 5.41 Å². The maximum absolute atomic E-state index is 5.91. The highest BCUT2D eigenvalue weighted by atomic mass is 127. The van der Waals surface area contributed by atoms with E-state index in [-0.39, 0.29) is 24.0 Å². The first-order valence-corrected chi connectivity index (χ1v) is 9.47. The van der Waals surface area contributed by atoms with E-state index in [1.165, 1.54) is 19.3 Å². The number of nitrogens with zero attached hydrogens (tertiary/aromatic N) is 1. The Kier molecular flexibility index (Phi) is 8.69. The van der Waals surface area contributed by atoms with Crippen molar-refractivity contribution in [1.29, 1.82) is 0 Å². The zero-order valence-corrected chi connectivity index (χ0v) is 18.2. The molecule has 1 spiro atoms. The molecule has 2 aliphatic rings. The summed E-state index contributed by atoms with van der Waals surface area (Å²) in [6.07, 6.45) is 7.97. The summed E-state index contributed by atoms with van der Waals surface area (Å²) in [5.74, 6) is 1.75. The number of guanidine groups is 1. The summed E-state index contributed by atoms with van der Waals surface area (Å²) < 4.78 is 16.7. The quantitative estimate of drug-likeness (QED) is 0.247. The molecule has 1 aromatic rings. The molecule has 2 fully saturated rings. The lowest BCUT2D eigenvalue weighted by atomic mass is 9.51. The second-order valence-electron chi connectivity index (χ2n) is 6.95. The van der Waals surface area contributed by atoms with Gasteiger partial charge in [0.15, 0.2) is 5.96 Å². The molecule has 2 atom stereocenters. The highest BCUT2D eigenvalue weighted by molar-refractivity contribution is 14.0. The largest absolute Gasteiger partial charge is 0.467 e. The summed E-state index contributed by atoms with van der Waals surface area (Å²) in [6.45, 7) is 4.96. The third kappa shape index (κ3) is 4.92. The van der Waals surface area contributed by atoms with Crippen LogP contribution in [0.2, 0.25) is 0 Å². The van der Waals surface area contributed by atoms with Crippen LogP contribution >= 0.6 is 24.0 Å². The fraction of sp³-hybridized carbons (Fsp3) is 0.737. The minimum atomic E-state index is 0. The Morgan fingerprint density at radius 3 is 2.88 bits per heavy atom. The van der Waals surface area contributed by atoms with Gasteiger partial charge in [0.05, 0.1) is 12.4 Å². The molecular weight excluding hydrogens is 445 g/mol. The predicted octanol–water partition coefficient (Wildman–Crippen LogP) is 3.32. The van der Waals surface area contributed by atoms with Gasteiger partial charge < -0.3 is 24.5 Å². The number of halogens is 1. The molecular formula is C19H32IN3O3. The second-order valence-corrected chi connectivity index (χ2v) is 6.95. The van der Waals surface area contributed by atoms with Crippen LogP contribution in [0.3, 0.4) is 0 Å². The molecule has 1 heterocycles. The Bertz CT molecular complexity index is 546. The van der Waals surface area contributed by atoms with Crippen LogP contribution in [0.5, 0.6) is 0 Å². The van der Waals surface area contributed by atoms with Crippen molar-refractivity contribution >= 4 is 29.9 Å². The first-order chi connectivity index (χ1) is 12.3. The van der Waals surface area contributed by atoms with Crippen LogP contribution in [-0.4, -0.2) is 44.9 Å². The molecule has 0 radical (unpaired) electrons. The number of furan rings is 1. The van der Waals surface area contributed by atoms with Crippen molar-refractivity contribution in [3.05, 3.63) is 24.2 Å². The lowest BCUT2D eigenvalue weighted by molar-refractivity contribution is -0.168. The third-order valence-corrected chi connectivity index (χ3v) is 5.55. The normalized spacial score (nSPS) is 23.7. The van der Waals surface area contributed by atoms with Crippen LogP contribution in [0.4, 0.5) is 0 Å². The molecule has 0 bridgehead atoms. The fourth-order valence-corrected chi connectivity index (χ4v) is 3.95. The zero-order valence-electron chi connectivity index (χ0n) is 15.8. The van der Waals surface area contributed by atoms with Gasteiger partial charge in [0.1, 0.15) is 12.4 Å². The molecule has 0 aromatic carbocycles. The van der Waals surface area contributed by atoms with E-state index in [9.17, 15) is 0 Å². The summed E-state index contributed by atoms with van der Waals surface area (Å²) in [4.78, 5) is 4.36. The molecule has 148 valence electrons. The number of aliphatic imine (C=N–C) groups is 1. The van der Waals surface area contributed by atoms with Crippen LogP contribution in [0.25, 0.3) is 0 Å². The highest BCUT2D eigenvalue weighted by Gasteiger charge is 2.59. The molecule has 2 aliphatic carbocycles. The van der Waals surface area contributed by atoms with Crippen LogP contribution in [0.1, 0.15) is 44.8 Å². The van der Waals surface area contributed by atoms with Gasteiger partial charge in [-0.2, -0.15) is 0 Å². The molecule has 2 N–H and O–H groups in total. The number of ether oxygens (including phenoxy) is 2.